The van der Waals surface area contributed by atoms with E-state index in [0.717, 1.165) is 16.5 Å². The molecule has 0 bridgehead atoms. The third-order valence-corrected chi connectivity index (χ3v) is 5.71. The summed E-state index contributed by atoms with van der Waals surface area (Å²) in [5.41, 5.74) is 3.64. The lowest BCUT2D eigenvalue weighted by atomic mass is 10.1. The molecule has 2 aromatic carbocycles. The lowest BCUT2D eigenvalue weighted by Crippen LogP contribution is -2.36. The van der Waals surface area contributed by atoms with E-state index < -0.39 is 0 Å². The molecule has 0 aliphatic carbocycles. The van der Waals surface area contributed by atoms with Gasteiger partial charge in [-0.3, -0.25) is 4.79 Å². The van der Waals surface area contributed by atoms with Gasteiger partial charge < -0.3 is 4.90 Å². The Labute approximate surface area is 169 Å². The molecule has 3 nitrogen and oxygen atoms in total. The molecule has 0 fully saturated rings. The first kappa shape index (κ1) is 18.4. The first-order chi connectivity index (χ1) is 13.6. The minimum atomic E-state index is -0.0396. The number of fused-ring (bicyclic) bond motifs is 1. The molecular formula is C24H22N2OS. The monoisotopic (exact) mass is 386 g/mol. The number of hydrogen-bond donors (Lipinski definition) is 0. The van der Waals surface area contributed by atoms with Crippen molar-refractivity contribution >= 4 is 28.1 Å². The molecule has 0 atom stereocenters. The maximum Gasteiger partial charge on any atom is 0.273 e. The van der Waals surface area contributed by atoms with Crippen LogP contribution in [-0.4, -0.2) is 21.8 Å². The molecule has 140 valence electrons. The fraction of sp³-hybridized carbons (Fsp3) is 0.167. The van der Waals surface area contributed by atoms with E-state index >= 15 is 0 Å². The van der Waals surface area contributed by atoms with Gasteiger partial charge >= 0.3 is 0 Å². The van der Waals surface area contributed by atoms with Gasteiger partial charge in [0.25, 0.3) is 5.91 Å². The van der Waals surface area contributed by atoms with E-state index in [2.05, 4.69) is 46.8 Å². The van der Waals surface area contributed by atoms with E-state index in [1.807, 2.05) is 55.1 Å². The SMILES string of the molecule is CC(C)N(Cc1cccc(-c2cccs2)c1)C(=O)c1ccc2ccccc2n1. The first-order valence-electron chi connectivity index (χ1n) is 9.41. The molecule has 0 N–H and O–H groups in total. The zero-order chi connectivity index (χ0) is 19.5. The van der Waals surface area contributed by atoms with E-state index in [1.54, 1.807) is 11.3 Å². The predicted molar refractivity (Wildman–Crippen MR) is 117 cm³/mol. The zero-order valence-corrected chi connectivity index (χ0v) is 16.8. The number of amides is 1. The lowest BCUT2D eigenvalue weighted by Gasteiger charge is -2.27. The number of rotatable bonds is 5. The van der Waals surface area contributed by atoms with Crippen LogP contribution in [0.4, 0.5) is 0 Å². The number of nitrogens with zero attached hydrogens (tertiary/aromatic N) is 2. The average Bonchev–Trinajstić information content (AvgIpc) is 3.26. The molecule has 2 heterocycles. The van der Waals surface area contributed by atoms with Gasteiger partial charge in [0.15, 0.2) is 0 Å². The average molecular weight is 387 g/mol. The summed E-state index contributed by atoms with van der Waals surface area (Å²) < 4.78 is 0. The molecule has 4 rings (SSSR count). The van der Waals surface area contributed by atoms with Gasteiger partial charge in [-0.05, 0) is 54.6 Å². The molecule has 2 aromatic heterocycles. The van der Waals surface area contributed by atoms with E-state index in [9.17, 15) is 4.79 Å². The Morgan fingerprint density at radius 3 is 2.64 bits per heavy atom. The Morgan fingerprint density at radius 1 is 1.00 bits per heavy atom. The molecule has 28 heavy (non-hydrogen) atoms. The van der Waals surface area contributed by atoms with Crippen LogP contribution in [0.25, 0.3) is 21.3 Å². The Morgan fingerprint density at radius 2 is 1.86 bits per heavy atom. The lowest BCUT2D eigenvalue weighted by molar-refractivity contribution is 0.0684. The molecule has 0 spiro atoms. The second kappa shape index (κ2) is 7.95. The van der Waals surface area contributed by atoms with E-state index in [0.29, 0.717) is 12.2 Å². The molecule has 0 saturated carbocycles. The zero-order valence-electron chi connectivity index (χ0n) is 16.0. The maximum absolute atomic E-state index is 13.2. The van der Waals surface area contributed by atoms with Crippen molar-refractivity contribution in [3.63, 3.8) is 0 Å². The molecule has 0 radical (unpaired) electrons. The summed E-state index contributed by atoms with van der Waals surface area (Å²) in [7, 11) is 0. The second-order valence-electron chi connectivity index (χ2n) is 7.09. The minimum Gasteiger partial charge on any atom is -0.331 e. The molecule has 0 unspecified atom stereocenters. The third kappa shape index (κ3) is 3.82. The fourth-order valence-electron chi connectivity index (χ4n) is 3.28. The van der Waals surface area contributed by atoms with Crippen LogP contribution in [0.15, 0.2) is 78.2 Å². The Bertz CT molecular complexity index is 1100. The number of thiophene rings is 1. The first-order valence-corrected chi connectivity index (χ1v) is 10.3. The van der Waals surface area contributed by atoms with Crippen LogP contribution in [0.3, 0.4) is 0 Å². The highest BCUT2D eigenvalue weighted by molar-refractivity contribution is 7.13. The van der Waals surface area contributed by atoms with Gasteiger partial charge in [0.1, 0.15) is 5.69 Å². The minimum absolute atomic E-state index is 0.0396. The molecule has 1 amide bonds. The predicted octanol–water partition coefficient (Wildman–Crippen LogP) is 6.01. The van der Waals surface area contributed by atoms with Gasteiger partial charge in [0, 0.05) is 22.8 Å². The number of benzene rings is 2. The van der Waals surface area contributed by atoms with Crippen molar-refractivity contribution < 1.29 is 4.79 Å². The fourth-order valence-corrected chi connectivity index (χ4v) is 4.01. The highest BCUT2D eigenvalue weighted by Crippen LogP contribution is 2.26. The molecular weight excluding hydrogens is 364 g/mol. The summed E-state index contributed by atoms with van der Waals surface area (Å²) in [6.45, 7) is 4.65. The van der Waals surface area contributed by atoms with Crippen LogP contribution in [-0.2, 0) is 6.54 Å². The van der Waals surface area contributed by atoms with Crippen LogP contribution in [0, 0.1) is 0 Å². The summed E-state index contributed by atoms with van der Waals surface area (Å²) in [4.78, 5) is 20.9. The number of para-hydroxylation sites is 1. The van der Waals surface area contributed by atoms with Gasteiger partial charge in [-0.15, -0.1) is 11.3 Å². The number of pyridine rings is 1. The maximum atomic E-state index is 13.2. The van der Waals surface area contributed by atoms with Crippen molar-refractivity contribution in [1.29, 1.82) is 0 Å². The van der Waals surface area contributed by atoms with Crippen molar-refractivity contribution in [1.82, 2.24) is 9.88 Å². The van der Waals surface area contributed by atoms with Crippen molar-refractivity contribution in [2.45, 2.75) is 26.4 Å². The number of carbonyl (C=O) groups excluding carboxylic acids is 1. The van der Waals surface area contributed by atoms with Crippen LogP contribution < -0.4 is 0 Å². The van der Waals surface area contributed by atoms with Gasteiger partial charge in [-0.2, -0.15) is 0 Å². The molecule has 0 aliphatic heterocycles. The standard InChI is InChI=1S/C24H22N2OS/c1-17(2)26(16-18-7-5-9-20(15-18)23-11-6-14-28-23)24(27)22-13-12-19-8-3-4-10-21(19)25-22/h3-15,17H,16H2,1-2H3. The summed E-state index contributed by atoms with van der Waals surface area (Å²) in [6.07, 6.45) is 0. The Hall–Kier alpha value is -2.98. The summed E-state index contributed by atoms with van der Waals surface area (Å²) in [5.74, 6) is -0.0396. The van der Waals surface area contributed by atoms with Gasteiger partial charge in [-0.1, -0.05) is 48.5 Å². The smallest absolute Gasteiger partial charge is 0.273 e. The Kier molecular flexibility index (Phi) is 5.22. The van der Waals surface area contributed by atoms with Crippen molar-refractivity contribution in [3.8, 4) is 10.4 Å². The van der Waals surface area contributed by atoms with E-state index in [-0.39, 0.29) is 11.9 Å². The van der Waals surface area contributed by atoms with Gasteiger partial charge in [-0.25, -0.2) is 4.98 Å². The van der Waals surface area contributed by atoms with Crippen LogP contribution in [0.5, 0.6) is 0 Å². The molecule has 0 aliphatic rings. The van der Waals surface area contributed by atoms with E-state index in [4.69, 9.17) is 0 Å². The highest BCUT2D eigenvalue weighted by atomic mass is 32.1. The normalized spacial score (nSPS) is 11.1. The highest BCUT2D eigenvalue weighted by Gasteiger charge is 2.20. The van der Waals surface area contributed by atoms with Gasteiger partial charge in [0.2, 0.25) is 0 Å². The number of hydrogen-bond acceptors (Lipinski definition) is 3. The number of aromatic nitrogens is 1. The second-order valence-corrected chi connectivity index (χ2v) is 8.04. The third-order valence-electron chi connectivity index (χ3n) is 4.79. The van der Waals surface area contributed by atoms with Crippen molar-refractivity contribution in [2.24, 2.45) is 0 Å². The van der Waals surface area contributed by atoms with Crippen LogP contribution >= 0.6 is 11.3 Å². The van der Waals surface area contributed by atoms with Crippen LogP contribution in [0.2, 0.25) is 0 Å². The quantitative estimate of drug-likeness (QED) is 0.420. The van der Waals surface area contributed by atoms with Gasteiger partial charge in [0.05, 0.1) is 5.52 Å². The summed E-state index contributed by atoms with van der Waals surface area (Å²) >= 11 is 1.72. The van der Waals surface area contributed by atoms with Crippen LogP contribution in [0.1, 0.15) is 29.9 Å². The molecule has 0 saturated heterocycles. The molecule has 4 heteroatoms. The molecule has 4 aromatic rings. The van der Waals surface area contributed by atoms with E-state index in [1.165, 1.54) is 10.4 Å². The van der Waals surface area contributed by atoms with Crippen molar-refractivity contribution in [3.05, 3.63) is 89.4 Å². The largest absolute Gasteiger partial charge is 0.331 e. The summed E-state index contributed by atoms with van der Waals surface area (Å²) in [6, 6.07) is 24.3. The topological polar surface area (TPSA) is 33.2 Å². The summed E-state index contributed by atoms with van der Waals surface area (Å²) in [5, 5.41) is 3.12. The van der Waals surface area contributed by atoms with Crippen molar-refractivity contribution in [2.75, 3.05) is 0 Å². The Balaban J connectivity index is 1.62. The number of carbonyl (C=O) groups is 1.